The summed E-state index contributed by atoms with van der Waals surface area (Å²) in [6.45, 7) is 8.13. The van der Waals surface area contributed by atoms with Gasteiger partial charge in [-0.1, -0.05) is 54.9 Å². The molecule has 3 heterocycles. The molecular formula is C32H33N5O5. The van der Waals surface area contributed by atoms with Crippen molar-refractivity contribution in [1.29, 1.82) is 0 Å². The van der Waals surface area contributed by atoms with Gasteiger partial charge in [-0.05, 0) is 42.5 Å². The lowest BCUT2D eigenvalue weighted by Crippen LogP contribution is -2.33. The smallest absolute Gasteiger partial charge is 0.228 e. The van der Waals surface area contributed by atoms with Gasteiger partial charge in [-0.25, -0.2) is 14.5 Å². The quantitative estimate of drug-likeness (QED) is 0.211. The van der Waals surface area contributed by atoms with Gasteiger partial charge in [0.15, 0.2) is 35.4 Å². The molecule has 0 bridgehead atoms. The molecule has 4 aromatic rings. The van der Waals surface area contributed by atoms with Gasteiger partial charge in [0.05, 0.1) is 31.4 Å². The van der Waals surface area contributed by atoms with Crippen LogP contribution in [0.5, 0.6) is 17.4 Å². The number of aromatic nitrogens is 4. The first kappa shape index (κ1) is 27.4. The fourth-order valence-corrected chi connectivity index (χ4v) is 5.65. The maximum atomic E-state index is 13.7. The summed E-state index contributed by atoms with van der Waals surface area (Å²) in [7, 11) is 3.18. The Bertz CT molecular complexity index is 1750. The monoisotopic (exact) mass is 567 g/mol. The molecule has 0 N–H and O–H groups in total. The maximum Gasteiger partial charge on any atom is 0.228 e. The van der Waals surface area contributed by atoms with Crippen LogP contribution in [0.3, 0.4) is 0 Å². The van der Waals surface area contributed by atoms with Crippen LogP contribution < -0.4 is 14.2 Å². The molecule has 2 aliphatic rings. The van der Waals surface area contributed by atoms with Crippen LogP contribution in [0.4, 0.5) is 0 Å². The van der Waals surface area contributed by atoms with Crippen molar-refractivity contribution in [3.05, 3.63) is 88.2 Å². The average Bonchev–Trinajstić information content (AvgIpc) is 3.38. The minimum Gasteiger partial charge on any atom is -0.493 e. The van der Waals surface area contributed by atoms with Crippen molar-refractivity contribution in [2.24, 2.45) is 10.6 Å². The van der Waals surface area contributed by atoms with Gasteiger partial charge in [0.1, 0.15) is 12.1 Å². The van der Waals surface area contributed by atoms with Crippen LogP contribution in [-0.4, -0.2) is 45.3 Å². The third kappa shape index (κ3) is 4.97. The first-order valence-corrected chi connectivity index (χ1v) is 13.8. The number of allylic oxidation sites excluding steroid dienone is 2. The second kappa shape index (κ2) is 10.6. The van der Waals surface area contributed by atoms with Crippen LogP contribution in [0.2, 0.25) is 0 Å². The standard InChI is InChI=1S/C32H33N5O5/c1-18-7-9-20(10-8-18)19(2)36-41-16-26-34-30-29-27(21-11-12-23(39-5)24(13-21)40-6)28-22(38)14-32(3,4)15-25(28)42-31(29)33-17-37(30)35-26/h7-13,17,27H,14-16H2,1-6H3. The van der Waals surface area contributed by atoms with Gasteiger partial charge in [0, 0.05) is 18.4 Å². The molecule has 216 valence electrons. The number of carbonyl (C=O) groups is 1. The van der Waals surface area contributed by atoms with E-state index in [1.165, 1.54) is 5.56 Å². The number of fused-ring (bicyclic) bond motifs is 3. The van der Waals surface area contributed by atoms with Crippen LogP contribution in [0.25, 0.3) is 5.65 Å². The number of benzene rings is 2. The number of hydrogen-bond acceptors (Lipinski definition) is 9. The van der Waals surface area contributed by atoms with Crippen LogP contribution in [-0.2, 0) is 16.2 Å². The predicted octanol–water partition coefficient (Wildman–Crippen LogP) is 5.56. The van der Waals surface area contributed by atoms with E-state index < -0.39 is 5.92 Å². The molecule has 0 saturated carbocycles. The zero-order valence-corrected chi connectivity index (χ0v) is 24.6. The molecule has 2 aromatic carbocycles. The zero-order chi connectivity index (χ0) is 29.6. The van der Waals surface area contributed by atoms with E-state index in [1.54, 1.807) is 25.1 Å². The Morgan fingerprint density at radius 1 is 1.10 bits per heavy atom. The molecule has 1 aliphatic heterocycles. The average molecular weight is 568 g/mol. The van der Waals surface area contributed by atoms with Gasteiger partial charge in [0.2, 0.25) is 5.88 Å². The number of Topliss-reactive ketones (excluding diaryl/α,β-unsaturated/α-hetero) is 1. The second-order valence-corrected chi connectivity index (χ2v) is 11.5. The van der Waals surface area contributed by atoms with Gasteiger partial charge in [-0.2, -0.15) is 0 Å². The summed E-state index contributed by atoms with van der Waals surface area (Å²) in [4.78, 5) is 28.7. The summed E-state index contributed by atoms with van der Waals surface area (Å²) in [5.74, 6) is 2.18. The number of ketones is 1. The van der Waals surface area contributed by atoms with Gasteiger partial charge >= 0.3 is 0 Å². The van der Waals surface area contributed by atoms with Gasteiger partial charge in [-0.15, -0.1) is 5.10 Å². The van der Waals surface area contributed by atoms with Crippen molar-refractivity contribution < 1.29 is 23.8 Å². The molecule has 10 heteroatoms. The molecule has 1 atom stereocenters. The van der Waals surface area contributed by atoms with E-state index >= 15 is 0 Å². The van der Waals surface area contributed by atoms with E-state index in [4.69, 9.17) is 24.0 Å². The molecule has 0 amide bonds. The normalized spacial score (nSPS) is 17.9. The molecule has 0 spiro atoms. The number of aryl methyl sites for hydroxylation is 1. The highest BCUT2D eigenvalue weighted by molar-refractivity contribution is 6.00. The lowest BCUT2D eigenvalue weighted by atomic mass is 9.70. The number of carbonyl (C=O) groups excluding carboxylic acids is 1. The number of ether oxygens (including phenoxy) is 3. The SMILES string of the molecule is COc1ccc(C2C3=C(CC(C)(C)CC3=O)Oc3ncn4nc(CON=C(C)c5ccc(C)cc5)nc4c32)cc1OC. The molecular weight excluding hydrogens is 534 g/mol. The van der Waals surface area contributed by atoms with Crippen LogP contribution in [0.1, 0.15) is 67.6 Å². The van der Waals surface area contributed by atoms with Crippen molar-refractivity contribution in [3.8, 4) is 17.4 Å². The number of rotatable bonds is 7. The van der Waals surface area contributed by atoms with Crippen LogP contribution in [0, 0.1) is 12.3 Å². The van der Waals surface area contributed by atoms with Crippen molar-refractivity contribution >= 4 is 17.1 Å². The minimum absolute atomic E-state index is 0.0395. The third-order valence-electron chi connectivity index (χ3n) is 7.71. The van der Waals surface area contributed by atoms with Crippen molar-refractivity contribution in [2.75, 3.05) is 14.2 Å². The number of hydrogen-bond donors (Lipinski definition) is 0. The van der Waals surface area contributed by atoms with E-state index in [0.29, 0.717) is 58.6 Å². The summed E-state index contributed by atoms with van der Waals surface area (Å²) < 4.78 is 19.0. The van der Waals surface area contributed by atoms with Crippen LogP contribution in [0.15, 0.2) is 65.3 Å². The molecule has 10 nitrogen and oxygen atoms in total. The molecule has 42 heavy (non-hydrogen) atoms. The molecule has 6 rings (SSSR count). The summed E-state index contributed by atoms with van der Waals surface area (Å²) >= 11 is 0. The molecule has 1 unspecified atom stereocenters. The largest absolute Gasteiger partial charge is 0.493 e. The Labute approximate surface area is 244 Å². The number of oxime groups is 1. The molecule has 0 fully saturated rings. The Balaban J connectivity index is 1.41. The molecule has 2 aromatic heterocycles. The first-order valence-electron chi connectivity index (χ1n) is 13.8. The topological polar surface area (TPSA) is 109 Å². The van der Waals surface area contributed by atoms with Crippen molar-refractivity contribution in [3.63, 3.8) is 0 Å². The Kier molecular flexibility index (Phi) is 6.92. The Hall–Kier alpha value is -4.73. The third-order valence-corrected chi connectivity index (χ3v) is 7.71. The number of methoxy groups -OCH3 is 2. The highest BCUT2D eigenvalue weighted by Gasteiger charge is 2.44. The minimum atomic E-state index is -0.483. The maximum absolute atomic E-state index is 13.7. The fraction of sp³-hybridized carbons (Fsp3) is 0.344. The summed E-state index contributed by atoms with van der Waals surface area (Å²) in [5.41, 5.74) is 5.32. The second-order valence-electron chi connectivity index (χ2n) is 11.5. The summed E-state index contributed by atoms with van der Waals surface area (Å²) in [6.07, 6.45) is 2.60. The van der Waals surface area contributed by atoms with E-state index in [-0.39, 0.29) is 17.8 Å². The molecule has 0 radical (unpaired) electrons. The summed E-state index contributed by atoms with van der Waals surface area (Å²) in [6, 6.07) is 13.7. The van der Waals surface area contributed by atoms with E-state index in [1.807, 2.05) is 56.3 Å². The van der Waals surface area contributed by atoms with E-state index in [9.17, 15) is 4.79 Å². The highest BCUT2D eigenvalue weighted by Crippen LogP contribution is 2.51. The van der Waals surface area contributed by atoms with Gasteiger partial charge in [0.25, 0.3) is 0 Å². The number of nitrogens with zero attached hydrogens (tertiary/aromatic N) is 5. The Morgan fingerprint density at radius 2 is 1.86 bits per heavy atom. The molecule has 0 saturated heterocycles. The van der Waals surface area contributed by atoms with E-state index in [0.717, 1.165) is 16.8 Å². The van der Waals surface area contributed by atoms with Crippen molar-refractivity contribution in [1.82, 2.24) is 19.6 Å². The lowest BCUT2D eigenvalue weighted by molar-refractivity contribution is -0.118. The molecule has 1 aliphatic carbocycles. The zero-order valence-electron chi connectivity index (χ0n) is 24.6. The van der Waals surface area contributed by atoms with Gasteiger partial charge in [-0.3, -0.25) is 4.79 Å². The highest BCUT2D eigenvalue weighted by atomic mass is 16.6. The summed E-state index contributed by atoms with van der Waals surface area (Å²) in [5, 5.41) is 8.85. The lowest BCUT2D eigenvalue weighted by Gasteiger charge is -2.37. The fourth-order valence-electron chi connectivity index (χ4n) is 5.65. The van der Waals surface area contributed by atoms with Crippen molar-refractivity contribution in [2.45, 2.75) is 53.1 Å². The van der Waals surface area contributed by atoms with Crippen LogP contribution >= 0.6 is 0 Å². The van der Waals surface area contributed by atoms with E-state index in [2.05, 4.69) is 29.1 Å². The predicted molar refractivity (Wildman–Crippen MR) is 156 cm³/mol. The van der Waals surface area contributed by atoms with Gasteiger partial charge < -0.3 is 19.0 Å². The Morgan fingerprint density at radius 3 is 2.60 bits per heavy atom. The first-order chi connectivity index (χ1) is 20.2.